The van der Waals surface area contributed by atoms with Crippen molar-refractivity contribution >= 4 is 50.2 Å². The highest BCUT2D eigenvalue weighted by Gasteiger charge is 2.34. The van der Waals surface area contributed by atoms with Gasteiger partial charge in [-0.15, -0.1) is 0 Å². The quantitative estimate of drug-likeness (QED) is 0.349. The van der Waals surface area contributed by atoms with Crippen molar-refractivity contribution in [2.45, 2.75) is 50.1 Å². The van der Waals surface area contributed by atoms with Crippen LogP contribution in [0, 0.1) is 5.92 Å². The van der Waals surface area contributed by atoms with Crippen LogP contribution in [0.4, 0.5) is 0 Å². The molecule has 2 N–H and O–H groups in total. The van der Waals surface area contributed by atoms with Gasteiger partial charge in [-0.1, -0.05) is 31.5 Å². The molecule has 1 aromatic heterocycles. The second kappa shape index (κ2) is 13.1. The minimum absolute atomic E-state index is 0.00531. The molecule has 2 aromatic carbocycles. The Labute approximate surface area is 249 Å². The van der Waals surface area contributed by atoms with Crippen LogP contribution in [0.25, 0.3) is 11.0 Å². The number of carbonyl (C=O) groups is 3. The van der Waals surface area contributed by atoms with Crippen LogP contribution in [0.1, 0.15) is 43.7 Å². The van der Waals surface area contributed by atoms with Crippen LogP contribution in [-0.4, -0.2) is 69.7 Å². The molecule has 42 heavy (non-hydrogen) atoms. The fourth-order valence-corrected chi connectivity index (χ4v) is 6.56. The van der Waals surface area contributed by atoms with Crippen LogP contribution in [0.3, 0.4) is 0 Å². The van der Waals surface area contributed by atoms with E-state index in [1.165, 1.54) is 32.4 Å². The summed E-state index contributed by atoms with van der Waals surface area (Å²) < 4.78 is 43.7. The van der Waals surface area contributed by atoms with Crippen LogP contribution in [-0.2, 0) is 19.6 Å². The molecular weight excluding hydrogens is 586 g/mol. The molecule has 1 fully saturated rings. The third-order valence-electron chi connectivity index (χ3n) is 6.95. The molecule has 4 rings (SSSR count). The lowest BCUT2D eigenvalue weighted by atomic mass is 10.0. The van der Waals surface area contributed by atoms with E-state index in [1.54, 1.807) is 24.3 Å². The van der Waals surface area contributed by atoms with E-state index >= 15 is 0 Å². The van der Waals surface area contributed by atoms with Crippen LogP contribution < -0.4 is 20.1 Å². The third kappa shape index (κ3) is 7.05. The van der Waals surface area contributed by atoms with Gasteiger partial charge in [-0.2, -0.15) is 4.31 Å². The van der Waals surface area contributed by atoms with E-state index in [4.69, 9.17) is 25.5 Å². The summed E-state index contributed by atoms with van der Waals surface area (Å²) in [5, 5.41) is 6.35. The molecule has 13 heteroatoms. The van der Waals surface area contributed by atoms with Gasteiger partial charge in [-0.05, 0) is 55.5 Å². The molecule has 1 saturated heterocycles. The largest absolute Gasteiger partial charge is 0.493 e. The van der Waals surface area contributed by atoms with E-state index in [0.29, 0.717) is 35.3 Å². The van der Waals surface area contributed by atoms with Gasteiger partial charge in [0.2, 0.25) is 15.9 Å². The van der Waals surface area contributed by atoms with Crippen molar-refractivity contribution in [3.05, 3.63) is 53.2 Å². The van der Waals surface area contributed by atoms with Gasteiger partial charge in [-0.25, -0.2) is 8.42 Å². The summed E-state index contributed by atoms with van der Waals surface area (Å²) in [6.07, 6.45) is 0.904. The summed E-state index contributed by atoms with van der Waals surface area (Å²) in [6.45, 7) is 3.52. The molecular formula is C29H34ClN3O8S. The minimum Gasteiger partial charge on any atom is -0.493 e. The van der Waals surface area contributed by atoms with Gasteiger partial charge in [0.15, 0.2) is 23.0 Å². The summed E-state index contributed by atoms with van der Waals surface area (Å²) in [6, 6.07) is 8.81. The Morgan fingerprint density at radius 1 is 1.12 bits per heavy atom. The molecule has 1 aliphatic rings. The van der Waals surface area contributed by atoms with E-state index in [9.17, 15) is 22.8 Å². The van der Waals surface area contributed by atoms with Crippen LogP contribution in [0.2, 0.25) is 5.02 Å². The summed E-state index contributed by atoms with van der Waals surface area (Å²) in [5.41, 5.74) is 0.406. The molecule has 2 amide bonds. The third-order valence-corrected chi connectivity index (χ3v) is 9.02. The first-order valence-corrected chi connectivity index (χ1v) is 15.3. The van der Waals surface area contributed by atoms with Crippen LogP contribution >= 0.6 is 11.6 Å². The number of nitrogens with one attached hydrogen (secondary N) is 2. The zero-order valence-electron chi connectivity index (χ0n) is 23.8. The predicted octanol–water partition coefficient (Wildman–Crippen LogP) is 3.79. The number of amides is 2. The average Bonchev–Trinajstić information content (AvgIpc) is 3.28. The zero-order valence-corrected chi connectivity index (χ0v) is 25.4. The van der Waals surface area contributed by atoms with Crippen molar-refractivity contribution in [3.63, 3.8) is 0 Å². The SMILES string of the molecule is COc1cc2cc(C(=O)NC(CC(C)C)C(=O)N[C@H]3CCCN(S(=O)(=O)c4cccc(Cl)c4)CC3=O)oc2cc1OC. The number of sulfonamides is 1. The molecule has 226 valence electrons. The number of ketones is 1. The van der Waals surface area contributed by atoms with Gasteiger partial charge in [0.1, 0.15) is 11.6 Å². The number of hydrogen-bond acceptors (Lipinski definition) is 8. The number of benzene rings is 2. The zero-order chi connectivity index (χ0) is 30.6. The number of methoxy groups -OCH3 is 2. The number of ether oxygens (including phenoxy) is 2. The van der Waals surface area contributed by atoms with Crippen molar-refractivity contribution in [2.75, 3.05) is 27.3 Å². The predicted molar refractivity (Wildman–Crippen MR) is 156 cm³/mol. The highest BCUT2D eigenvalue weighted by molar-refractivity contribution is 7.89. The molecule has 0 aliphatic carbocycles. The topological polar surface area (TPSA) is 144 Å². The Bertz CT molecular complexity index is 1550. The molecule has 1 unspecified atom stereocenters. The van der Waals surface area contributed by atoms with E-state index in [2.05, 4.69) is 10.6 Å². The van der Waals surface area contributed by atoms with Gasteiger partial charge in [-0.3, -0.25) is 14.4 Å². The fraction of sp³-hybridized carbons (Fsp3) is 0.414. The lowest BCUT2D eigenvalue weighted by Crippen LogP contribution is -2.52. The summed E-state index contributed by atoms with van der Waals surface area (Å²) in [7, 11) is -0.968. The summed E-state index contributed by atoms with van der Waals surface area (Å²) in [5.74, 6) is -0.641. The van der Waals surface area contributed by atoms with E-state index in [-0.39, 0.29) is 34.6 Å². The van der Waals surface area contributed by atoms with E-state index in [1.807, 2.05) is 13.8 Å². The smallest absolute Gasteiger partial charge is 0.287 e. The Hall–Kier alpha value is -3.61. The molecule has 0 bridgehead atoms. The standard InChI is InChI=1S/C29H34ClN3O8S/c1-17(2)11-22(32-29(36)27-13-18-12-25(39-3)26(40-4)15-24(18)41-27)28(35)31-21-9-6-10-33(16-23(21)34)42(37,38)20-8-5-7-19(30)14-20/h5,7-8,12-15,17,21-22H,6,9-11,16H2,1-4H3,(H,31,35)(H,32,36)/t21-,22?/m0/s1. The van der Waals surface area contributed by atoms with Crippen LogP contribution in [0.15, 0.2) is 51.8 Å². The molecule has 1 aliphatic heterocycles. The maximum Gasteiger partial charge on any atom is 0.287 e. The minimum atomic E-state index is -3.96. The number of furan rings is 1. The number of halogens is 1. The number of rotatable bonds is 10. The van der Waals surface area contributed by atoms with Crippen molar-refractivity contribution in [2.24, 2.45) is 5.92 Å². The molecule has 0 radical (unpaired) electrons. The number of fused-ring (bicyclic) bond motifs is 1. The average molecular weight is 620 g/mol. The number of carbonyl (C=O) groups excluding carboxylic acids is 3. The highest BCUT2D eigenvalue weighted by Crippen LogP contribution is 2.33. The van der Waals surface area contributed by atoms with Crippen molar-refractivity contribution in [1.29, 1.82) is 0 Å². The molecule has 3 aromatic rings. The lowest BCUT2D eigenvalue weighted by Gasteiger charge is -2.23. The highest BCUT2D eigenvalue weighted by atomic mass is 35.5. The number of hydrogen-bond donors (Lipinski definition) is 2. The summed E-state index contributed by atoms with van der Waals surface area (Å²) >= 11 is 5.97. The second-order valence-corrected chi connectivity index (χ2v) is 12.9. The van der Waals surface area contributed by atoms with Gasteiger partial charge < -0.3 is 24.5 Å². The maximum absolute atomic E-state index is 13.4. The molecule has 11 nitrogen and oxygen atoms in total. The Morgan fingerprint density at radius 2 is 1.83 bits per heavy atom. The molecule has 2 heterocycles. The number of nitrogens with zero attached hydrogens (tertiary/aromatic N) is 1. The first kappa shape index (κ1) is 31.3. The monoisotopic (exact) mass is 619 g/mol. The van der Waals surface area contributed by atoms with E-state index in [0.717, 1.165) is 4.31 Å². The number of Topliss-reactive ketones (excluding diaryl/α,β-unsaturated/α-hetero) is 1. The second-order valence-electron chi connectivity index (χ2n) is 10.5. The first-order valence-electron chi connectivity index (χ1n) is 13.5. The van der Waals surface area contributed by atoms with Crippen LogP contribution in [0.5, 0.6) is 11.5 Å². The van der Waals surface area contributed by atoms with Gasteiger partial charge >= 0.3 is 0 Å². The van der Waals surface area contributed by atoms with Gasteiger partial charge in [0.05, 0.1) is 31.7 Å². The van der Waals surface area contributed by atoms with E-state index < -0.39 is 46.2 Å². The van der Waals surface area contributed by atoms with Crippen molar-refractivity contribution in [3.8, 4) is 11.5 Å². The molecule has 0 saturated carbocycles. The van der Waals surface area contributed by atoms with Gasteiger partial charge in [0, 0.05) is 23.0 Å². The molecule has 2 atom stereocenters. The first-order chi connectivity index (χ1) is 19.9. The summed E-state index contributed by atoms with van der Waals surface area (Å²) in [4.78, 5) is 39.6. The Kier molecular flexibility index (Phi) is 9.80. The normalized spacial score (nSPS) is 17.1. The Balaban J connectivity index is 1.46. The van der Waals surface area contributed by atoms with Crippen molar-refractivity contribution in [1.82, 2.24) is 14.9 Å². The van der Waals surface area contributed by atoms with Gasteiger partial charge in [0.25, 0.3) is 5.91 Å². The van der Waals surface area contributed by atoms with Crippen molar-refractivity contribution < 1.29 is 36.7 Å². The Morgan fingerprint density at radius 3 is 2.50 bits per heavy atom. The molecule has 0 spiro atoms. The fourth-order valence-electron chi connectivity index (χ4n) is 4.81. The lowest BCUT2D eigenvalue weighted by molar-refractivity contribution is -0.129. The maximum atomic E-state index is 13.4.